The van der Waals surface area contributed by atoms with Crippen molar-refractivity contribution in [2.45, 2.75) is 23.8 Å². The Kier molecular flexibility index (Phi) is 5.03. The van der Waals surface area contributed by atoms with Gasteiger partial charge < -0.3 is 9.53 Å². The van der Waals surface area contributed by atoms with Gasteiger partial charge in [-0.1, -0.05) is 23.8 Å². The zero-order valence-electron chi connectivity index (χ0n) is 11.9. The van der Waals surface area contributed by atoms with Crippen LogP contribution in [0.2, 0.25) is 5.02 Å². The monoisotopic (exact) mass is 342 g/mol. The molecule has 2 atom stereocenters. The summed E-state index contributed by atoms with van der Waals surface area (Å²) in [4.78, 5) is 22.9. The van der Waals surface area contributed by atoms with E-state index < -0.39 is 21.9 Å². The molecular weight excluding hydrogens is 328 g/mol. The first-order valence-electron chi connectivity index (χ1n) is 6.64. The van der Waals surface area contributed by atoms with Crippen LogP contribution in [-0.4, -0.2) is 33.0 Å². The van der Waals surface area contributed by atoms with E-state index in [-0.39, 0.29) is 21.4 Å². The molecule has 5 nitrogen and oxygen atoms in total. The van der Waals surface area contributed by atoms with Gasteiger partial charge >= 0.3 is 5.97 Å². The molecule has 118 valence electrons. The van der Waals surface area contributed by atoms with Crippen molar-refractivity contribution >= 4 is 33.7 Å². The van der Waals surface area contributed by atoms with Crippen molar-refractivity contribution in [3.05, 3.63) is 40.9 Å². The first-order chi connectivity index (χ1) is 10.3. The van der Waals surface area contributed by atoms with Crippen LogP contribution in [0.4, 0.5) is 0 Å². The van der Waals surface area contributed by atoms with Crippen molar-refractivity contribution in [2.75, 3.05) is 6.26 Å². The molecule has 0 fully saturated rings. The highest BCUT2D eigenvalue weighted by molar-refractivity contribution is 7.90. The molecule has 0 N–H and O–H groups in total. The fourth-order valence-electron chi connectivity index (χ4n) is 2.19. The van der Waals surface area contributed by atoms with Crippen LogP contribution in [0, 0.1) is 5.92 Å². The van der Waals surface area contributed by atoms with Crippen molar-refractivity contribution in [3.63, 3.8) is 0 Å². The summed E-state index contributed by atoms with van der Waals surface area (Å²) in [5.74, 6) is -0.885. The molecule has 0 saturated carbocycles. The summed E-state index contributed by atoms with van der Waals surface area (Å²) in [6.45, 7) is 0. The third-order valence-corrected chi connectivity index (χ3v) is 4.78. The first kappa shape index (κ1) is 16.7. The van der Waals surface area contributed by atoms with E-state index in [0.717, 1.165) is 12.5 Å². The van der Waals surface area contributed by atoms with Crippen molar-refractivity contribution < 1.29 is 22.7 Å². The van der Waals surface area contributed by atoms with Gasteiger partial charge in [-0.15, -0.1) is 0 Å². The van der Waals surface area contributed by atoms with Crippen LogP contribution in [0.15, 0.2) is 35.2 Å². The Balaban J connectivity index is 2.13. The number of benzene rings is 1. The maximum atomic E-state index is 12.1. The van der Waals surface area contributed by atoms with Crippen LogP contribution in [0.25, 0.3) is 0 Å². The molecule has 1 aliphatic carbocycles. The minimum absolute atomic E-state index is 0.0196. The van der Waals surface area contributed by atoms with Gasteiger partial charge in [-0.05, 0) is 24.6 Å². The predicted octanol–water partition coefficient (Wildman–Crippen LogP) is 2.43. The molecule has 0 saturated heterocycles. The van der Waals surface area contributed by atoms with Crippen LogP contribution in [0.3, 0.4) is 0 Å². The Hall–Kier alpha value is -1.66. The summed E-state index contributed by atoms with van der Waals surface area (Å²) in [5, 5.41) is 0.0196. The number of carbonyl (C=O) groups is 2. The second-order valence-electron chi connectivity index (χ2n) is 5.14. The number of carbonyl (C=O) groups excluding carboxylic acids is 2. The molecular formula is C15H15ClO5S. The molecule has 0 aliphatic heterocycles. The van der Waals surface area contributed by atoms with Crippen LogP contribution < -0.4 is 0 Å². The maximum absolute atomic E-state index is 12.1. The zero-order valence-corrected chi connectivity index (χ0v) is 13.4. The Labute approximate surface area is 133 Å². The second-order valence-corrected chi connectivity index (χ2v) is 7.56. The van der Waals surface area contributed by atoms with E-state index in [9.17, 15) is 18.0 Å². The number of esters is 1. The SMILES string of the molecule is CS(=O)(=O)c1ccc(C(=O)OC2CC=CC(C=O)C2)c(Cl)c1. The number of sulfone groups is 1. The van der Waals surface area contributed by atoms with Gasteiger partial charge in [0.25, 0.3) is 0 Å². The number of rotatable bonds is 4. The van der Waals surface area contributed by atoms with Crippen molar-refractivity contribution in [3.8, 4) is 0 Å². The smallest absolute Gasteiger partial charge is 0.339 e. The Morgan fingerprint density at radius 2 is 2.14 bits per heavy atom. The minimum Gasteiger partial charge on any atom is -0.458 e. The normalized spacial score (nSPS) is 21.4. The standard InChI is InChI=1S/C15H15ClO5S/c1-22(19,20)12-5-6-13(14(16)8-12)15(18)21-11-4-2-3-10(7-11)9-17/h2-3,5-6,8-11H,4,7H2,1H3. The largest absolute Gasteiger partial charge is 0.458 e. The first-order valence-corrected chi connectivity index (χ1v) is 8.90. The highest BCUT2D eigenvalue weighted by atomic mass is 35.5. The molecule has 0 radical (unpaired) electrons. The van der Waals surface area contributed by atoms with Crippen LogP contribution in [-0.2, 0) is 19.4 Å². The summed E-state index contributed by atoms with van der Waals surface area (Å²) in [6, 6.07) is 3.87. The second kappa shape index (κ2) is 6.62. The number of ether oxygens (including phenoxy) is 1. The summed E-state index contributed by atoms with van der Waals surface area (Å²) >= 11 is 5.97. The number of allylic oxidation sites excluding steroid dienone is 1. The maximum Gasteiger partial charge on any atom is 0.339 e. The van der Waals surface area contributed by atoms with Gasteiger partial charge in [0, 0.05) is 18.6 Å². The Bertz CT molecular complexity index is 723. The average molecular weight is 343 g/mol. The molecule has 2 unspecified atom stereocenters. The summed E-state index contributed by atoms with van der Waals surface area (Å²) in [5.41, 5.74) is 0.103. The number of aldehydes is 1. The number of hydrogen-bond donors (Lipinski definition) is 0. The summed E-state index contributed by atoms with van der Waals surface area (Å²) < 4.78 is 28.2. The van der Waals surface area contributed by atoms with E-state index in [1.54, 1.807) is 12.2 Å². The van der Waals surface area contributed by atoms with Gasteiger partial charge in [0.05, 0.1) is 15.5 Å². The van der Waals surface area contributed by atoms with Crippen molar-refractivity contribution in [2.24, 2.45) is 5.92 Å². The molecule has 0 amide bonds. The quantitative estimate of drug-likeness (QED) is 0.477. The zero-order chi connectivity index (χ0) is 16.3. The lowest BCUT2D eigenvalue weighted by Crippen LogP contribution is -2.23. The van der Waals surface area contributed by atoms with E-state index in [1.807, 2.05) is 0 Å². The molecule has 1 aromatic rings. The molecule has 0 bridgehead atoms. The Morgan fingerprint density at radius 3 is 2.73 bits per heavy atom. The van der Waals surface area contributed by atoms with Gasteiger partial charge in [0.1, 0.15) is 12.4 Å². The lowest BCUT2D eigenvalue weighted by Gasteiger charge is -2.22. The minimum atomic E-state index is -3.39. The van der Waals surface area contributed by atoms with Crippen molar-refractivity contribution in [1.29, 1.82) is 0 Å². The highest BCUT2D eigenvalue weighted by Crippen LogP contribution is 2.24. The molecule has 0 spiro atoms. The van der Waals surface area contributed by atoms with Crippen LogP contribution in [0.5, 0.6) is 0 Å². The lowest BCUT2D eigenvalue weighted by molar-refractivity contribution is -0.110. The molecule has 22 heavy (non-hydrogen) atoms. The summed E-state index contributed by atoms with van der Waals surface area (Å²) in [6.07, 6.45) is 6.04. The van der Waals surface area contributed by atoms with Gasteiger partial charge in [-0.2, -0.15) is 0 Å². The average Bonchev–Trinajstić information content (AvgIpc) is 2.46. The van der Waals surface area contributed by atoms with E-state index in [0.29, 0.717) is 12.8 Å². The van der Waals surface area contributed by atoms with Gasteiger partial charge in [0.15, 0.2) is 9.84 Å². The fraction of sp³-hybridized carbons (Fsp3) is 0.333. The molecule has 1 aromatic carbocycles. The van der Waals surface area contributed by atoms with Crippen LogP contribution in [0.1, 0.15) is 23.2 Å². The van der Waals surface area contributed by atoms with Crippen LogP contribution >= 0.6 is 11.6 Å². The van der Waals surface area contributed by atoms with Gasteiger partial charge in [-0.25, -0.2) is 13.2 Å². The lowest BCUT2D eigenvalue weighted by atomic mass is 9.95. The number of halogens is 1. The molecule has 7 heteroatoms. The van der Waals surface area contributed by atoms with Crippen molar-refractivity contribution in [1.82, 2.24) is 0 Å². The topological polar surface area (TPSA) is 77.5 Å². The van der Waals surface area contributed by atoms with E-state index in [1.165, 1.54) is 18.2 Å². The number of hydrogen-bond acceptors (Lipinski definition) is 5. The van der Waals surface area contributed by atoms with E-state index in [2.05, 4.69) is 0 Å². The molecule has 0 heterocycles. The van der Waals surface area contributed by atoms with E-state index >= 15 is 0 Å². The molecule has 0 aromatic heterocycles. The van der Waals surface area contributed by atoms with Gasteiger partial charge in [0.2, 0.25) is 0 Å². The molecule has 1 aliphatic rings. The fourth-order valence-corrected chi connectivity index (χ4v) is 3.16. The summed E-state index contributed by atoms with van der Waals surface area (Å²) in [7, 11) is -3.39. The van der Waals surface area contributed by atoms with Gasteiger partial charge in [-0.3, -0.25) is 0 Å². The van der Waals surface area contributed by atoms with E-state index in [4.69, 9.17) is 16.3 Å². The third-order valence-electron chi connectivity index (χ3n) is 3.35. The molecule has 2 rings (SSSR count). The predicted molar refractivity (Wildman–Crippen MR) is 81.7 cm³/mol. The third kappa shape index (κ3) is 3.96. The Morgan fingerprint density at radius 1 is 1.41 bits per heavy atom. The highest BCUT2D eigenvalue weighted by Gasteiger charge is 2.23.